The van der Waals surface area contributed by atoms with Gasteiger partial charge < -0.3 is 14.5 Å². The lowest BCUT2D eigenvalue weighted by Crippen LogP contribution is -2.53. The van der Waals surface area contributed by atoms with Crippen LogP contribution >= 0.6 is 0 Å². The van der Waals surface area contributed by atoms with Crippen LogP contribution in [0.2, 0.25) is 0 Å². The van der Waals surface area contributed by atoms with Gasteiger partial charge in [-0.05, 0) is 79.4 Å². The highest BCUT2D eigenvalue weighted by Gasteiger charge is 2.46. The molecular weight excluding hydrogens is 446 g/mol. The number of benzene rings is 3. The summed E-state index contributed by atoms with van der Waals surface area (Å²) < 4.78 is 32.7. The Morgan fingerprint density at radius 3 is 2.17 bits per heavy atom. The van der Waals surface area contributed by atoms with Crippen LogP contribution in [0.1, 0.15) is 29.5 Å². The smallest absolute Gasteiger partial charge is 0.237 e. The topological polar surface area (TPSA) is 32.8 Å². The lowest BCUT2D eigenvalue weighted by molar-refractivity contribution is -0.139. The first-order valence-corrected chi connectivity index (χ1v) is 12.1. The number of ether oxygens (including phenoxy) is 1. The number of nitrogens with zero attached hydrogens (tertiary/aromatic N) is 2. The van der Waals surface area contributed by atoms with E-state index in [4.69, 9.17) is 4.74 Å². The maximum absolute atomic E-state index is 14.0. The number of amides is 1. The zero-order valence-corrected chi connectivity index (χ0v) is 20.3. The number of piperidine rings is 1. The Kier molecular flexibility index (Phi) is 7.81. The Morgan fingerprint density at radius 1 is 0.943 bits per heavy atom. The highest BCUT2D eigenvalue weighted by atomic mass is 19.1. The Bertz CT molecular complexity index is 1090. The normalized spacial score (nSPS) is 15.5. The molecule has 1 amide bonds. The number of hydrogen-bond acceptors (Lipinski definition) is 3. The maximum Gasteiger partial charge on any atom is 0.237 e. The fourth-order valence-electron chi connectivity index (χ4n) is 4.95. The van der Waals surface area contributed by atoms with Crippen molar-refractivity contribution in [3.8, 4) is 5.75 Å². The molecule has 3 aromatic rings. The quantitative estimate of drug-likeness (QED) is 0.431. The van der Waals surface area contributed by atoms with Gasteiger partial charge in [-0.15, -0.1) is 0 Å². The molecule has 4 rings (SSSR count). The lowest BCUT2D eigenvalue weighted by atomic mass is 9.68. The van der Waals surface area contributed by atoms with Crippen molar-refractivity contribution in [1.82, 2.24) is 9.80 Å². The Balaban J connectivity index is 1.48. The van der Waals surface area contributed by atoms with E-state index < -0.39 is 5.41 Å². The predicted molar refractivity (Wildman–Crippen MR) is 134 cm³/mol. The van der Waals surface area contributed by atoms with E-state index in [0.717, 1.165) is 42.8 Å². The van der Waals surface area contributed by atoms with Crippen molar-refractivity contribution in [3.05, 3.63) is 101 Å². The molecule has 4 nitrogen and oxygen atoms in total. The van der Waals surface area contributed by atoms with Gasteiger partial charge in [-0.1, -0.05) is 36.4 Å². The van der Waals surface area contributed by atoms with Crippen LogP contribution in [0.15, 0.2) is 72.8 Å². The Labute approximate surface area is 206 Å². The molecule has 1 fully saturated rings. The standard InChI is InChI=1S/C29H32F2N2O2/c1-32(18-15-22-5-3-6-27(21-22)35-2)19-20-33-17-4-16-29(28(33)34,23-7-11-25(30)12-8-23)24-9-13-26(31)14-10-24/h3,5-14,21H,4,15-20H2,1-2H3. The van der Waals surface area contributed by atoms with Crippen molar-refractivity contribution in [2.24, 2.45) is 0 Å². The first-order valence-electron chi connectivity index (χ1n) is 12.1. The van der Waals surface area contributed by atoms with E-state index in [2.05, 4.69) is 18.0 Å². The average molecular weight is 479 g/mol. The summed E-state index contributed by atoms with van der Waals surface area (Å²) >= 11 is 0. The molecular formula is C29H32F2N2O2. The summed E-state index contributed by atoms with van der Waals surface area (Å²) in [6.07, 6.45) is 2.30. The highest BCUT2D eigenvalue weighted by Crippen LogP contribution is 2.41. The van der Waals surface area contributed by atoms with E-state index in [9.17, 15) is 13.6 Å². The fourth-order valence-corrected chi connectivity index (χ4v) is 4.95. The average Bonchev–Trinajstić information content (AvgIpc) is 2.88. The summed E-state index contributed by atoms with van der Waals surface area (Å²) in [7, 11) is 3.72. The monoisotopic (exact) mass is 478 g/mol. The molecule has 35 heavy (non-hydrogen) atoms. The third-order valence-corrected chi connectivity index (χ3v) is 6.97. The van der Waals surface area contributed by atoms with E-state index in [1.807, 2.05) is 23.1 Å². The molecule has 0 atom stereocenters. The van der Waals surface area contributed by atoms with Crippen LogP contribution in [-0.2, 0) is 16.6 Å². The molecule has 0 aliphatic carbocycles. The number of rotatable bonds is 9. The van der Waals surface area contributed by atoms with E-state index >= 15 is 0 Å². The van der Waals surface area contributed by atoms with Crippen LogP contribution in [0.5, 0.6) is 5.75 Å². The SMILES string of the molecule is COc1cccc(CCN(C)CCN2CCCC(c3ccc(F)cc3)(c3ccc(F)cc3)C2=O)c1. The molecule has 0 unspecified atom stereocenters. The largest absolute Gasteiger partial charge is 0.497 e. The molecule has 1 aliphatic rings. The van der Waals surface area contributed by atoms with Gasteiger partial charge in [-0.2, -0.15) is 0 Å². The molecule has 6 heteroatoms. The van der Waals surface area contributed by atoms with Gasteiger partial charge in [0.05, 0.1) is 12.5 Å². The van der Waals surface area contributed by atoms with E-state index in [1.54, 1.807) is 31.4 Å². The van der Waals surface area contributed by atoms with Crippen molar-refractivity contribution < 1.29 is 18.3 Å². The minimum atomic E-state index is -0.946. The van der Waals surface area contributed by atoms with Crippen molar-refractivity contribution in [2.75, 3.05) is 40.3 Å². The number of carbonyl (C=O) groups excluding carboxylic acids is 1. The zero-order chi connectivity index (χ0) is 24.8. The predicted octanol–water partition coefficient (Wildman–Crippen LogP) is 5.06. The van der Waals surface area contributed by atoms with Gasteiger partial charge in [0.25, 0.3) is 0 Å². The number of likely N-dealkylation sites (tertiary alicyclic amines) is 1. The summed E-state index contributed by atoms with van der Waals surface area (Å²) in [5.74, 6) is 0.145. The molecule has 0 N–H and O–H groups in total. The molecule has 1 heterocycles. The van der Waals surface area contributed by atoms with Gasteiger partial charge >= 0.3 is 0 Å². The fraction of sp³-hybridized carbons (Fsp3) is 0.345. The van der Waals surface area contributed by atoms with Crippen molar-refractivity contribution >= 4 is 5.91 Å². The zero-order valence-electron chi connectivity index (χ0n) is 20.3. The van der Waals surface area contributed by atoms with Gasteiger partial charge in [0.2, 0.25) is 5.91 Å². The highest BCUT2D eigenvalue weighted by molar-refractivity contribution is 5.93. The molecule has 1 saturated heterocycles. The minimum absolute atomic E-state index is 0.0110. The lowest BCUT2D eigenvalue weighted by Gasteiger charge is -2.43. The molecule has 3 aromatic carbocycles. The van der Waals surface area contributed by atoms with Crippen LogP contribution in [-0.4, -0.2) is 56.0 Å². The second-order valence-electron chi connectivity index (χ2n) is 9.22. The van der Waals surface area contributed by atoms with Gasteiger partial charge in [-0.3, -0.25) is 4.79 Å². The van der Waals surface area contributed by atoms with Crippen LogP contribution in [0.4, 0.5) is 8.78 Å². The summed E-state index contributed by atoms with van der Waals surface area (Å²) in [6, 6.07) is 20.3. The number of methoxy groups -OCH3 is 1. The first kappa shape index (κ1) is 24.9. The summed E-state index contributed by atoms with van der Waals surface area (Å²) in [5.41, 5.74) is 1.74. The first-order chi connectivity index (χ1) is 16.9. The number of carbonyl (C=O) groups is 1. The Morgan fingerprint density at radius 2 is 1.57 bits per heavy atom. The molecule has 0 spiro atoms. The summed E-state index contributed by atoms with van der Waals surface area (Å²) in [4.78, 5) is 18.1. The third-order valence-electron chi connectivity index (χ3n) is 6.97. The van der Waals surface area contributed by atoms with Crippen LogP contribution in [0.3, 0.4) is 0 Å². The second kappa shape index (κ2) is 11.0. The minimum Gasteiger partial charge on any atom is -0.497 e. The summed E-state index contributed by atoms with van der Waals surface area (Å²) in [5, 5.41) is 0. The van der Waals surface area contributed by atoms with Crippen LogP contribution in [0, 0.1) is 11.6 Å². The maximum atomic E-state index is 14.0. The number of halogens is 2. The van der Waals surface area contributed by atoms with Crippen molar-refractivity contribution in [1.29, 1.82) is 0 Å². The van der Waals surface area contributed by atoms with E-state index in [-0.39, 0.29) is 17.5 Å². The molecule has 0 aromatic heterocycles. The molecule has 0 bridgehead atoms. The van der Waals surface area contributed by atoms with Crippen molar-refractivity contribution in [2.45, 2.75) is 24.7 Å². The van der Waals surface area contributed by atoms with E-state index in [1.165, 1.54) is 29.8 Å². The number of hydrogen-bond donors (Lipinski definition) is 0. The van der Waals surface area contributed by atoms with Gasteiger partial charge in [-0.25, -0.2) is 8.78 Å². The Hall–Kier alpha value is -3.25. The van der Waals surface area contributed by atoms with Crippen molar-refractivity contribution in [3.63, 3.8) is 0 Å². The van der Waals surface area contributed by atoms with E-state index in [0.29, 0.717) is 19.5 Å². The van der Waals surface area contributed by atoms with Gasteiger partial charge in [0.1, 0.15) is 17.4 Å². The number of likely N-dealkylation sites (N-methyl/N-ethyl adjacent to an activating group) is 1. The summed E-state index contributed by atoms with van der Waals surface area (Å²) in [6.45, 7) is 2.86. The van der Waals surface area contributed by atoms with Crippen LogP contribution < -0.4 is 4.74 Å². The molecule has 1 aliphatic heterocycles. The van der Waals surface area contributed by atoms with Gasteiger partial charge in [0.15, 0.2) is 0 Å². The molecule has 0 radical (unpaired) electrons. The molecule has 0 saturated carbocycles. The van der Waals surface area contributed by atoms with Crippen LogP contribution in [0.25, 0.3) is 0 Å². The second-order valence-corrected chi connectivity index (χ2v) is 9.22. The van der Waals surface area contributed by atoms with Gasteiger partial charge in [0, 0.05) is 26.2 Å². The third kappa shape index (κ3) is 5.54. The molecule has 184 valence electrons.